The minimum Gasteiger partial charge on any atom is -0.493 e. The van der Waals surface area contributed by atoms with Crippen molar-refractivity contribution in [1.82, 2.24) is 0 Å². The summed E-state index contributed by atoms with van der Waals surface area (Å²) in [5.74, 6) is -0.671. The minimum atomic E-state index is -1.13. The number of nitrogens with one attached hydrogen (secondary N) is 1. The molecule has 1 aromatic rings. The van der Waals surface area contributed by atoms with Crippen LogP contribution in [0.25, 0.3) is 0 Å². The standard InChI is InChI=1S/C13H18N2O5/c1-3-20-10-5-4-8(6-11(10)19-2)15-13(18)9(14)7-12(16)17/h4-6,9H,3,7,14H2,1-2H3,(H,15,18)(H,16,17). The van der Waals surface area contributed by atoms with Crippen molar-refractivity contribution < 1.29 is 24.2 Å². The molecular formula is C13H18N2O5. The summed E-state index contributed by atoms with van der Waals surface area (Å²) in [7, 11) is 1.49. The summed E-state index contributed by atoms with van der Waals surface area (Å²) < 4.78 is 10.5. The van der Waals surface area contributed by atoms with Gasteiger partial charge in [-0.3, -0.25) is 9.59 Å². The molecule has 110 valence electrons. The highest BCUT2D eigenvalue weighted by Gasteiger charge is 2.17. The number of methoxy groups -OCH3 is 1. The van der Waals surface area contributed by atoms with Crippen molar-refractivity contribution in [3.8, 4) is 11.5 Å². The molecule has 0 aliphatic heterocycles. The van der Waals surface area contributed by atoms with Crippen LogP contribution in [0, 0.1) is 0 Å². The fourth-order valence-corrected chi connectivity index (χ4v) is 1.54. The van der Waals surface area contributed by atoms with Gasteiger partial charge in [0.25, 0.3) is 0 Å². The minimum absolute atomic E-state index is 0.431. The molecule has 0 fully saturated rings. The Morgan fingerprint density at radius 1 is 1.40 bits per heavy atom. The smallest absolute Gasteiger partial charge is 0.305 e. The third-order valence-corrected chi connectivity index (χ3v) is 2.46. The number of amides is 1. The molecule has 0 aromatic heterocycles. The van der Waals surface area contributed by atoms with Gasteiger partial charge in [0.2, 0.25) is 5.91 Å². The van der Waals surface area contributed by atoms with E-state index in [1.165, 1.54) is 7.11 Å². The van der Waals surface area contributed by atoms with Crippen molar-refractivity contribution in [2.45, 2.75) is 19.4 Å². The number of nitrogens with two attached hydrogens (primary N) is 1. The fraction of sp³-hybridized carbons (Fsp3) is 0.385. The molecule has 0 saturated heterocycles. The van der Waals surface area contributed by atoms with E-state index < -0.39 is 24.3 Å². The maximum atomic E-state index is 11.7. The van der Waals surface area contributed by atoms with E-state index in [0.29, 0.717) is 23.8 Å². The van der Waals surface area contributed by atoms with E-state index in [2.05, 4.69) is 5.32 Å². The van der Waals surface area contributed by atoms with Gasteiger partial charge in [0.1, 0.15) is 0 Å². The molecule has 0 spiro atoms. The SMILES string of the molecule is CCOc1ccc(NC(=O)C(N)CC(=O)O)cc1OC. The van der Waals surface area contributed by atoms with Crippen LogP contribution in [0.15, 0.2) is 18.2 Å². The van der Waals surface area contributed by atoms with Gasteiger partial charge in [-0.25, -0.2) is 0 Å². The first-order valence-electron chi connectivity index (χ1n) is 6.07. The molecule has 1 atom stereocenters. The zero-order valence-corrected chi connectivity index (χ0v) is 11.4. The van der Waals surface area contributed by atoms with E-state index in [-0.39, 0.29) is 0 Å². The van der Waals surface area contributed by atoms with Crippen LogP contribution >= 0.6 is 0 Å². The lowest BCUT2D eigenvalue weighted by Crippen LogP contribution is -2.37. The summed E-state index contributed by atoms with van der Waals surface area (Å²) in [5.41, 5.74) is 5.92. The van der Waals surface area contributed by atoms with Crippen molar-refractivity contribution in [3.05, 3.63) is 18.2 Å². The molecule has 0 bridgehead atoms. The lowest BCUT2D eigenvalue weighted by molar-refractivity contribution is -0.138. The van der Waals surface area contributed by atoms with Crippen LogP contribution in [0.5, 0.6) is 11.5 Å². The molecule has 1 unspecified atom stereocenters. The van der Waals surface area contributed by atoms with Crippen LogP contribution in [-0.4, -0.2) is 36.7 Å². The van der Waals surface area contributed by atoms with Gasteiger partial charge in [-0.1, -0.05) is 0 Å². The van der Waals surface area contributed by atoms with Crippen LogP contribution < -0.4 is 20.5 Å². The Bertz CT molecular complexity index is 490. The number of benzene rings is 1. The molecule has 4 N–H and O–H groups in total. The number of aliphatic carboxylic acids is 1. The molecule has 0 aliphatic carbocycles. The Kier molecular flexibility index (Phi) is 5.79. The summed E-state index contributed by atoms with van der Waals surface area (Å²) in [6, 6.07) is 3.75. The number of carbonyl (C=O) groups is 2. The van der Waals surface area contributed by atoms with Gasteiger partial charge in [-0.05, 0) is 19.1 Å². The molecular weight excluding hydrogens is 264 g/mol. The monoisotopic (exact) mass is 282 g/mol. The van der Waals surface area contributed by atoms with Crippen molar-refractivity contribution in [3.63, 3.8) is 0 Å². The third kappa shape index (κ3) is 4.43. The zero-order valence-electron chi connectivity index (χ0n) is 11.4. The first-order valence-corrected chi connectivity index (χ1v) is 6.07. The Hall–Kier alpha value is -2.28. The summed E-state index contributed by atoms with van der Waals surface area (Å²) in [4.78, 5) is 22.2. The highest BCUT2D eigenvalue weighted by Crippen LogP contribution is 2.30. The second kappa shape index (κ2) is 7.34. The molecule has 1 aromatic carbocycles. The van der Waals surface area contributed by atoms with Gasteiger partial charge in [0, 0.05) is 11.8 Å². The molecule has 0 saturated carbocycles. The summed E-state index contributed by atoms with van der Waals surface area (Å²) in [5, 5.41) is 11.1. The largest absolute Gasteiger partial charge is 0.493 e. The van der Waals surface area contributed by atoms with E-state index in [9.17, 15) is 9.59 Å². The Morgan fingerprint density at radius 3 is 2.65 bits per heavy atom. The van der Waals surface area contributed by atoms with Crippen LogP contribution in [0.4, 0.5) is 5.69 Å². The first kappa shape index (κ1) is 15.8. The van der Waals surface area contributed by atoms with Crippen LogP contribution in [0.3, 0.4) is 0 Å². The molecule has 7 nitrogen and oxygen atoms in total. The molecule has 1 amide bonds. The van der Waals surface area contributed by atoms with Crippen LogP contribution in [0.1, 0.15) is 13.3 Å². The number of carbonyl (C=O) groups excluding carboxylic acids is 1. The average molecular weight is 282 g/mol. The number of ether oxygens (including phenoxy) is 2. The van der Waals surface area contributed by atoms with Crippen molar-refractivity contribution in [1.29, 1.82) is 0 Å². The topological polar surface area (TPSA) is 111 Å². The number of anilines is 1. The number of carboxylic acids is 1. The molecule has 1 rings (SSSR count). The van der Waals surface area contributed by atoms with E-state index in [4.69, 9.17) is 20.3 Å². The van der Waals surface area contributed by atoms with E-state index >= 15 is 0 Å². The van der Waals surface area contributed by atoms with Crippen molar-refractivity contribution >= 4 is 17.6 Å². The molecule has 0 radical (unpaired) electrons. The lowest BCUT2D eigenvalue weighted by atomic mass is 10.2. The number of hydrogen-bond donors (Lipinski definition) is 3. The Balaban J connectivity index is 2.77. The highest BCUT2D eigenvalue weighted by molar-refractivity contribution is 5.96. The van der Waals surface area contributed by atoms with Crippen LogP contribution in [-0.2, 0) is 9.59 Å². The summed E-state index contributed by atoms with van der Waals surface area (Å²) in [6.07, 6.45) is -0.431. The van der Waals surface area contributed by atoms with Crippen molar-refractivity contribution in [2.75, 3.05) is 19.0 Å². The Morgan fingerprint density at radius 2 is 2.10 bits per heavy atom. The van der Waals surface area contributed by atoms with Gasteiger partial charge in [-0.15, -0.1) is 0 Å². The van der Waals surface area contributed by atoms with Gasteiger partial charge in [0.05, 0.1) is 26.2 Å². The van der Waals surface area contributed by atoms with Gasteiger partial charge in [0.15, 0.2) is 11.5 Å². The van der Waals surface area contributed by atoms with Gasteiger partial charge < -0.3 is 25.6 Å². The quantitative estimate of drug-likeness (QED) is 0.683. The van der Waals surface area contributed by atoms with E-state index in [0.717, 1.165) is 0 Å². The Labute approximate surface area is 116 Å². The molecule has 0 aliphatic rings. The summed E-state index contributed by atoms with van der Waals surface area (Å²) >= 11 is 0. The summed E-state index contributed by atoms with van der Waals surface area (Å²) in [6.45, 7) is 2.34. The lowest BCUT2D eigenvalue weighted by Gasteiger charge is -2.13. The van der Waals surface area contributed by atoms with Gasteiger partial charge >= 0.3 is 5.97 Å². The molecule has 0 heterocycles. The predicted molar refractivity (Wildman–Crippen MR) is 73.0 cm³/mol. The van der Waals surface area contributed by atoms with Crippen LogP contribution in [0.2, 0.25) is 0 Å². The fourth-order valence-electron chi connectivity index (χ4n) is 1.54. The average Bonchev–Trinajstić information content (AvgIpc) is 2.39. The number of rotatable bonds is 7. The van der Waals surface area contributed by atoms with E-state index in [1.54, 1.807) is 18.2 Å². The number of carboxylic acid groups (broad SMARTS) is 1. The normalized spacial score (nSPS) is 11.6. The zero-order chi connectivity index (χ0) is 15.1. The maximum Gasteiger partial charge on any atom is 0.305 e. The highest BCUT2D eigenvalue weighted by atomic mass is 16.5. The number of hydrogen-bond acceptors (Lipinski definition) is 5. The first-order chi connectivity index (χ1) is 9.47. The predicted octanol–water partition coefficient (Wildman–Crippen LogP) is 0.834. The van der Waals surface area contributed by atoms with Crippen molar-refractivity contribution in [2.24, 2.45) is 5.73 Å². The van der Waals surface area contributed by atoms with E-state index in [1.807, 2.05) is 6.92 Å². The third-order valence-electron chi connectivity index (χ3n) is 2.46. The molecule has 7 heteroatoms. The maximum absolute atomic E-state index is 11.7. The molecule has 20 heavy (non-hydrogen) atoms. The second-order valence-corrected chi connectivity index (χ2v) is 3.99. The van der Waals surface area contributed by atoms with Gasteiger partial charge in [-0.2, -0.15) is 0 Å². The second-order valence-electron chi connectivity index (χ2n) is 3.99.